The van der Waals surface area contributed by atoms with Crippen molar-refractivity contribution in [3.05, 3.63) is 34.3 Å². The predicted octanol–water partition coefficient (Wildman–Crippen LogP) is 2.82. The van der Waals surface area contributed by atoms with Gasteiger partial charge in [0.05, 0.1) is 6.04 Å². The summed E-state index contributed by atoms with van der Waals surface area (Å²) in [5, 5.41) is 3.37. The first-order chi connectivity index (χ1) is 7.06. The van der Waals surface area contributed by atoms with Crippen molar-refractivity contribution in [1.29, 1.82) is 0 Å². The molecular weight excluding hydrogens is 214 g/mol. The van der Waals surface area contributed by atoms with Crippen molar-refractivity contribution < 1.29 is 9.53 Å². The molecule has 3 nitrogen and oxygen atoms in total. The topological polar surface area (TPSA) is 38.3 Å². The maximum absolute atomic E-state index is 11.0. The molecule has 0 aliphatic carbocycles. The maximum Gasteiger partial charge on any atom is 0.408 e. The van der Waals surface area contributed by atoms with Crippen LogP contribution in [0.5, 0.6) is 0 Å². The average Bonchev–Trinajstić information content (AvgIpc) is 2.43. The van der Waals surface area contributed by atoms with Gasteiger partial charge in [0.15, 0.2) is 0 Å². The van der Waals surface area contributed by atoms with Crippen LogP contribution in [0.15, 0.2) is 18.2 Å². The molecule has 1 aromatic rings. The standard InChI is InChI=1S/C11H12ClNO2/c1-6-3-8(5-9(12)4-6)10-7(2)13-11(14)15-10/h3-5,7,10H,1-2H3,(H,13,14)/t7-,10+/m1/s1. The number of ether oxygens (including phenoxy) is 1. The summed E-state index contributed by atoms with van der Waals surface area (Å²) in [5.74, 6) is 0. The lowest BCUT2D eigenvalue weighted by Crippen LogP contribution is -2.23. The van der Waals surface area contributed by atoms with Gasteiger partial charge in [0.1, 0.15) is 6.10 Å². The largest absolute Gasteiger partial charge is 0.439 e. The van der Waals surface area contributed by atoms with Crippen molar-refractivity contribution in [2.45, 2.75) is 26.0 Å². The fourth-order valence-corrected chi connectivity index (χ4v) is 2.10. The van der Waals surface area contributed by atoms with Crippen LogP contribution < -0.4 is 5.32 Å². The van der Waals surface area contributed by atoms with Crippen molar-refractivity contribution >= 4 is 17.7 Å². The molecule has 2 atom stereocenters. The van der Waals surface area contributed by atoms with Gasteiger partial charge in [-0.3, -0.25) is 0 Å². The molecule has 0 spiro atoms. The second kappa shape index (κ2) is 3.74. The van der Waals surface area contributed by atoms with E-state index >= 15 is 0 Å². The number of carbonyl (C=O) groups is 1. The number of cyclic esters (lactones) is 1. The molecule has 2 rings (SSSR count). The van der Waals surface area contributed by atoms with Crippen molar-refractivity contribution in [2.24, 2.45) is 0 Å². The third-order valence-electron chi connectivity index (χ3n) is 2.43. The number of benzene rings is 1. The molecule has 0 unspecified atom stereocenters. The van der Waals surface area contributed by atoms with Crippen LogP contribution in [0, 0.1) is 6.92 Å². The van der Waals surface area contributed by atoms with E-state index in [0.717, 1.165) is 11.1 Å². The first-order valence-corrected chi connectivity index (χ1v) is 5.18. The Hall–Kier alpha value is -1.22. The average molecular weight is 226 g/mol. The third kappa shape index (κ3) is 2.07. The number of rotatable bonds is 1. The Balaban J connectivity index is 2.33. The number of carbonyl (C=O) groups excluding carboxylic acids is 1. The monoisotopic (exact) mass is 225 g/mol. The summed E-state index contributed by atoms with van der Waals surface area (Å²) >= 11 is 5.95. The Kier molecular flexibility index (Phi) is 2.57. The Labute approximate surface area is 93.4 Å². The van der Waals surface area contributed by atoms with E-state index in [9.17, 15) is 4.79 Å². The third-order valence-corrected chi connectivity index (χ3v) is 2.64. The Morgan fingerprint density at radius 2 is 2.13 bits per heavy atom. The van der Waals surface area contributed by atoms with Gasteiger partial charge in [-0.15, -0.1) is 0 Å². The van der Waals surface area contributed by atoms with Crippen LogP contribution in [0.2, 0.25) is 5.02 Å². The molecule has 15 heavy (non-hydrogen) atoms. The molecule has 1 aliphatic heterocycles. The highest BCUT2D eigenvalue weighted by Gasteiger charge is 2.31. The van der Waals surface area contributed by atoms with Gasteiger partial charge in [-0.25, -0.2) is 4.79 Å². The first kappa shape index (κ1) is 10.3. The number of hydrogen-bond donors (Lipinski definition) is 1. The maximum atomic E-state index is 11.0. The number of amides is 1. The number of halogens is 1. The molecule has 1 heterocycles. The minimum Gasteiger partial charge on any atom is -0.439 e. The molecule has 0 saturated carbocycles. The molecule has 80 valence electrons. The van der Waals surface area contributed by atoms with E-state index in [1.165, 1.54) is 0 Å². The molecule has 1 N–H and O–H groups in total. The Morgan fingerprint density at radius 3 is 2.67 bits per heavy atom. The summed E-state index contributed by atoms with van der Waals surface area (Å²) < 4.78 is 5.16. The van der Waals surface area contributed by atoms with Crippen molar-refractivity contribution in [2.75, 3.05) is 0 Å². The van der Waals surface area contributed by atoms with Gasteiger partial charge < -0.3 is 10.1 Å². The smallest absolute Gasteiger partial charge is 0.408 e. The molecular formula is C11H12ClNO2. The minimum absolute atomic E-state index is 0.0182. The highest BCUT2D eigenvalue weighted by molar-refractivity contribution is 6.30. The molecule has 1 aromatic carbocycles. The van der Waals surface area contributed by atoms with E-state index < -0.39 is 0 Å². The molecule has 0 aromatic heterocycles. The van der Waals surface area contributed by atoms with Crippen LogP contribution in [-0.4, -0.2) is 12.1 Å². The molecule has 4 heteroatoms. The molecule has 1 aliphatic rings. The summed E-state index contributed by atoms with van der Waals surface area (Å²) in [4.78, 5) is 11.0. The molecule has 1 fully saturated rings. The van der Waals surface area contributed by atoms with Gasteiger partial charge in [-0.05, 0) is 37.1 Å². The number of nitrogens with one attached hydrogen (secondary N) is 1. The van der Waals surface area contributed by atoms with Gasteiger partial charge >= 0.3 is 6.09 Å². The van der Waals surface area contributed by atoms with Gasteiger partial charge in [-0.1, -0.05) is 17.7 Å². The van der Waals surface area contributed by atoms with Gasteiger partial charge in [-0.2, -0.15) is 0 Å². The quantitative estimate of drug-likeness (QED) is 0.798. The van der Waals surface area contributed by atoms with E-state index in [0.29, 0.717) is 5.02 Å². The lowest BCUT2D eigenvalue weighted by molar-refractivity contribution is 0.134. The molecule has 1 amide bonds. The van der Waals surface area contributed by atoms with Gasteiger partial charge in [0.2, 0.25) is 0 Å². The summed E-state index contributed by atoms with van der Waals surface area (Å²) in [6.07, 6.45) is -0.611. The number of alkyl carbamates (subject to hydrolysis) is 1. The molecule has 0 bridgehead atoms. The van der Waals surface area contributed by atoms with Crippen LogP contribution >= 0.6 is 11.6 Å². The molecule has 1 saturated heterocycles. The van der Waals surface area contributed by atoms with Crippen molar-refractivity contribution in [3.63, 3.8) is 0 Å². The van der Waals surface area contributed by atoms with E-state index in [1.807, 2.05) is 32.0 Å². The summed E-state index contributed by atoms with van der Waals surface area (Å²) in [7, 11) is 0. The fourth-order valence-electron chi connectivity index (χ4n) is 1.80. The van der Waals surface area contributed by atoms with Crippen LogP contribution in [0.4, 0.5) is 4.79 Å². The fraction of sp³-hybridized carbons (Fsp3) is 0.364. The van der Waals surface area contributed by atoms with Crippen molar-refractivity contribution in [1.82, 2.24) is 5.32 Å². The van der Waals surface area contributed by atoms with Crippen LogP contribution in [-0.2, 0) is 4.74 Å². The van der Waals surface area contributed by atoms with Gasteiger partial charge in [0, 0.05) is 5.02 Å². The highest BCUT2D eigenvalue weighted by Crippen LogP contribution is 2.28. The number of hydrogen-bond acceptors (Lipinski definition) is 2. The normalized spacial score (nSPS) is 24.9. The lowest BCUT2D eigenvalue weighted by atomic mass is 10.0. The van der Waals surface area contributed by atoms with Crippen LogP contribution in [0.1, 0.15) is 24.2 Å². The Morgan fingerprint density at radius 1 is 1.40 bits per heavy atom. The molecule has 0 radical (unpaired) electrons. The van der Waals surface area contributed by atoms with E-state index in [-0.39, 0.29) is 18.2 Å². The summed E-state index contributed by atoms with van der Waals surface area (Å²) in [6.45, 7) is 3.87. The van der Waals surface area contributed by atoms with E-state index in [4.69, 9.17) is 16.3 Å². The highest BCUT2D eigenvalue weighted by atomic mass is 35.5. The zero-order valence-corrected chi connectivity index (χ0v) is 9.34. The second-order valence-corrected chi connectivity index (χ2v) is 4.26. The van der Waals surface area contributed by atoms with Crippen LogP contribution in [0.3, 0.4) is 0 Å². The summed E-state index contributed by atoms with van der Waals surface area (Å²) in [6, 6.07) is 5.67. The number of aryl methyl sites for hydroxylation is 1. The Bertz CT molecular complexity index is 385. The second-order valence-electron chi connectivity index (χ2n) is 3.82. The SMILES string of the molecule is Cc1cc(Cl)cc([C@H]2OC(=O)N[C@@H]2C)c1. The predicted molar refractivity (Wildman–Crippen MR) is 58.0 cm³/mol. The van der Waals surface area contributed by atoms with Crippen molar-refractivity contribution in [3.8, 4) is 0 Å². The van der Waals surface area contributed by atoms with Gasteiger partial charge in [0.25, 0.3) is 0 Å². The van der Waals surface area contributed by atoms with Crippen LogP contribution in [0.25, 0.3) is 0 Å². The van der Waals surface area contributed by atoms with E-state index in [1.54, 1.807) is 0 Å². The lowest BCUT2D eigenvalue weighted by Gasteiger charge is -2.14. The van der Waals surface area contributed by atoms with E-state index in [2.05, 4.69) is 5.32 Å². The zero-order valence-electron chi connectivity index (χ0n) is 8.58. The first-order valence-electron chi connectivity index (χ1n) is 4.80. The minimum atomic E-state index is -0.370. The summed E-state index contributed by atoms with van der Waals surface area (Å²) in [5.41, 5.74) is 2.00. The zero-order chi connectivity index (χ0) is 11.0.